The number of aromatic nitrogens is 3. The zero-order valence-electron chi connectivity index (χ0n) is 31.3. The average Bonchev–Trinajstić information content (AvgIpc) is 3.53. The van der Waals surface area contributed by atoms with Gasteiger partial charge < -0.3 is 29.6 Å². The molecule has 0 saturated heterocycles. The van der Waals surface area contributed by atoms with E-state index in [2.05, 4.69) is 20.1 Å². The lowest BCUT2D eigenvalue weighted by molar-refractivity contribution is -0.150. The molecule has 0 spiro atoms. The molecule has 5 aromatic rings. The molecule has 0 saturated carbocycles. The van der Waals surface area contributed by atoms with Crippen LogP contribution < -0.4 is 15.9 Å². The van der Waals surface area contributed by atoms with Crippen molar-refractivity contribution in [2.75, 3.05) is 18.7 Å². The number of benzene rings is 3. The van der Waals surface area contributed by atoms with Crippen LogP contribution in [0.15, 0.2) is 97.5 Å². The summed E-state index contributed by atoms with van der Waals surface area (Å²) in [5, 5.41) is 16.2. The number of nitrogen functional groups attached to an aromatic ring is 1. The zero-order chi connectivity index (χ0) is 39.5. The molecule has 2 atom stereocenters. The highest BCUT2D eigenvalue weighted by Crippen LogP contribution is 2.39. The molecule has 290 valence electrons. The first-order valence-electron chi connectivity index (χ1n) is 18.0. The molecule has 2 aromatic heterocycles. The summed E-state index contributed by atoms with van der Waals surface area (Å²) in [5.74, 6) is -2.07. The third kappa shape index (κ3) is 11.3. The lowest BCUT2D eigenvalue weighted by Gasteiger charge is -2.29. The van der Waals surface area contributed by atoms with Gasteiger partial charge in [0, 0.05) is 18.3 Å². The molecule has 0 radical (unpaired) electrons. The number of carboxylic acid groups (broad SMARTS) is 1. The Morgan fingerprint density at radius 3 is 1.91 bits per heavy atom. The second-order valence-electron chi connectivity index (χ2n) is 13.6. The van der Waals surface area contributed by atoms with E-state index in [0.717, 1.165) is 11.1 Å². The Hall–Kier alpha value is -5.40. The van der Waals surface area contributed by atoms with E-state index in [4.69, 9.17) is 19.9 Å². The number of hydrogen-bond donors (Lipinski definition) is 4. The Morgan fingerprint density at radius 1 is 0.818 bits per heavy atom. The molecule has 3 aromatic carbocycles. The summed E-state index contributed by atoms with van der Waals surface area (Å²) < 4.78 is 34.1. The fourth-order valence-electron chi connectivity index (χ4n) is 6.02. The minimum atomic E-state index is -3.97. The van der Waals surface area contributed by atoms with Crippen LogP contribution in [0.4, 0.5) is 5.82 Å². The van der Waals surface area contributed by atoms with E-state index >= 15 is 4.57 Å². The van der Waals surface area contributed by atoms with Crippen LogP contribution in [-0.4, -0.2) is 74.8 Å². The third-order valence-corrected chi connectivity index (χ3v) is 10.4. The first-order valence-corrected chi connectivity index (χ1v) is 19.9. The van der Waals surface area contributed by atoms with Crippen molar-refractivity contribution in [2.24, 2.45) is 0 Å². The fraction of sp³-hybridized carbons (Fsp3) is 0.325. The maximum Gasteiger partial charge on any atom is 0.335 e. The van der Waals surface area contributed by atoms with Gasteiger partial charge in [-0.1, -0.05) is 72.8 Å². The number of carbonyl (C=O) groups excluding carboxylic acids is 2. The first-order chi connectivity index (χ1) is 26.3. The lowest BCUT2D eigenvalue weighted by Crippen LogP contribution is -2.47. The maximum absolute atomic E-state index is 15.1. The van der Waals surface area contributed by atoms with Crippen molar-refractivity contribution in [1.82, 2.24) is 24.7 Å². The molecule has 15 heteroatoms. The van der Waals surface area contributed by atoms with E-state index < -0.39 is 56.0 Å². The van der Waals surface area contributed by atoms with E-state index in [1.165, 1.54) is 12.4 Å². The number of nitrogens with zero attached hydrogens (tertiary/aromatic N) is 3. The van der Waals surface area contributed by atoms with Gasteiger partial charge >= 0.3 is 17.9 Å². The molecule has 0 amide bonds. The summed E-state index contributed by atoms with van der Waals surface area (Å²) in [6, 6.07) is 22.8. The summed E-state index contributed by atoms with van der Waals surface area (Å²) in [4.78, 5) is 47.3. The molecule has 0 fully saturated rings. The normalized spacial score (nSPS) is 12.8. The second kappa shape index (κ2) is 18.8. The molecular formula is C40H47N6O8P. The number of carboxylic acids is 1. The van der Waals surface area contributed by atoms with Crippen molar-refractivity contribution in [1.29, 1.82) is 0 Å². The van der Waals surface area contributed by atoms with Gasteiger partial charge in [0.1, 0.15) is 36.2 Å². The van der Waals surface area contributed by atoms with Crippen LogP contribution in [-0.2, 0) is 47.8 Å². The van der Waals surface area contributed by atoms with Crippen molar-refractivity contribution in [2.45, 2.75) is 71.4 Å². The van der Waals surface area contributed by atoms with Crippen LogP contribution in [0.3, 0.4) is 0 Å². The van der Waals surface area contributed by atoms with Crippen molar-refractivity contribution in [3.05, 3.63) is 114 Å². The topological polar surface area (TPSA) is 197 Å². The molecule has 0 aliphatic rings. The summed E-state index contributed by atoms with van der Waals surface area (Å²) in [6.07, 6.45) is 2.13. The molecule has 0 aliphatic carbocycles. The Labute approximate surface area is 319 Å². The van der Waals surface area contributed by atoms with Gasteiger partial charge in [-0.2, -0.15) is 0 Å². The van der Waals surface area contributed by atoms with Gasteiger partial charge in [0.2, 0.25) is 7.44 Å². The SMILES string of the molecule is CC(C)OC(=O)[C@H](Cc1ccccc1)NP(=O)(COCCn1cc(-c2cccc(C(=O)O)c2)c2c(N)ncnc21)N[C@@H](Cc1ccccc1)C(=O)OC(C)C. The molecular weight excluding hydrogens is 723 g/mol. The molecule has 0 unspecified atom stereocenters. The number of anilines is 1. The number of rotatable bonds is 19. The first kappa shape index (κ1) is 40.8. The zero-order valence-corrected chi connectivity index (χ0v) is 32.1. The number of nitrogens with one attached hydrogen (secondary N) is 2. The summed E-state index contributed by atoms with van der Waals surface area (Å²) in [5.41, 5.74) is 9.74. The highest BCUT2D eigenvalue weighted by molar-refractivity contribution is 7.59. The van der Waals surface area contributed by atoms with Crippen molar-refractivity contribution < 1.29 is 38.3 Å². The minimum Gasteiger partial charge on any atom is -0.478 e. The van der Waals surface area contributed by atoms with E-state index in [9.17, 15) is 19.5 Å². The maximum atomic E-state index is 15.1. The van der Waals surface area contributed by atoms with E-state index in [1.54, 1.807) is 56.7 Å². The van der Waals surface area contributed by atoms with E-state index in [0.29, 0.717) is 22.2 Å². The highest BCUT2D eigenvalue weighted by Gasteiger charge is 2.36. The third-order valence-electron chi connectivity index (χ3n) is 8.42. The number of ether oxygens (including phenoxy) is 3. The van der Waals surface area contributed by atoms with E-state index in [-0.39, 0.29) is 37.4 Å². The number of hydrogen-bond acceptors (Lipinski definition) is 10. The second-order valence-corrected chi connectivity index (χ2v) is 15.8. The summed E-state index contributed by atoms with van der Waals surface area (Å²) in [6.45, 7) is 7.16. The number of carbonyl (C=O) groups is 3. The molecule has 5 rings (SSSR count). The number of aromatic carboxylic acids is 1. The lowest BCUT2D eigenvalue weighted by atomic mass is 10.0. The van der Waals surface area contributed by atoms with Crippen LogP contribution >= 0.6 is 7.44 Å². The van der Waals surface area contributed by atoms with Gasteiger partial charge in [-0.3, -0.25) is 14.2 Å². The Balaban J connectivity index is 1.44. The fourth-order valence-corrected chi connectivity index (χ4v) is 8.03. The largest absolute Gasteiger partial charge is 0.478 e. The van der Waals surface area contributed by atoms with Crippen LogP contribution in [0.5, 0.6) is 0 Å². The minimum absolute atomic E-state index is 0.0230. The van der Waals surface area contributed by atoms with Crippen molar-refractivity contribution in [3.8, 4) is 11.1 Å². The average molecular weight is 771 g/mol. The standard InChI is InChI=1S/C40H47N6O8P/c1-26(2)53-39(49)33(20-28-12-7-5-8-13-28)44-55(51,45-34(40(50)54-27(3)4)21-29-14-9-6-10-15-29)25-52-19-18-46-23-32(35-36(41)42-24-43-37(35)46)30-16-11-17-31(22-30)38(47)48/h5-17,22-24,26-27,33-34H,18-21,25H2,1-4H3,(H,47,48)(H2,41,42,43)(H2,44,45,51)/t33-,34-/m0/s1. The van der Waals surface area contributed by atoms with Crippen molar-refractivity contribution in [3.63, 3.8) is 0 Å². The van der Waals surface area contributed by atoms with Crippen LogP contribution in [0.2, 0.25) is 0 Å². The smallest absolute Gasteiger partial charge is 0.335 e. The van der Waals surface area contributed by atoms with E-state index in [1.807, 2.05) is 60.7 Å². The van der Waals surface area contributed by atoms with Crippen LogP contribution in [0.1, 0.15) is 49.2 Å². The van der Waals surface area contributed by atoms with Gasteiger partial charge in [0.25, 0.3) is 0 Å². The summed E-state index contributed by atoms with van der Waals surface area (Å²) >= 11 is 0. The van der Waals surface area contributed by atoms with Gasteiger partial charge in [0.05, 0.1) is 29.8 Å². The van der Waals surface area contributed by atoms with Crippen LogP contribution in [0, 0.1) is 0 Å². The van der Waals surface area contributed by atoms with Crippen LogP contribution in [0.25, 0.3) is 22.2 Å². The molecule has 2 heterocycles. The summed E-state index contributed by atoms with van der Waals surface area (Å²) in [7, 11) is -3.97. The van der Waals surface area contributed by atoms with Gasteiger partial charge in [-0.25, -0.2) is 24.9 Å². The Bertz CT molecular complexity index is 2050. The molecule has 5 N–H and O–H groups in total. The number of fused-ring (bicyclic) bond motifs is 1. The monoisotopic (exact) mass is 770 g/mol. The highest BCUT2D eigenvalue weighted by atomic mass is 31.2. The Kier molecular flexibility index (Phi) is 13.9. The predicted molar refractivity (Wildman–Crippen MR) is 209 cm³/mol. The quantitative estimate of drug-likeness (QED) is 0.0444. The number of esters is 2. The Morgan fingerprint density at radius 2 is 1.38 bits per heavy atom. The molecule has 55 heavy (non-hydrogen) atoms. The van der Waals surface area contributed by atoms with Gasteiger partial charge in [-0.05, 0) is 69.4 Å². The van der Waals surface area contributed by atoms with Gasteiger partial charge in [-0.15, -0.1) is 0 Å². The van der Waals surface area contributed by atoms with Crippen molar-refractivity contribution >= 4 is 42.2 Å². The molecule has 0 aliphatic heterocycles. The number of nitrogens with two attached hydrogens (primary N) is 1. The predicted octanol–water partition coefficient (Wildman–Crippen LogP) is 5.85. The molecule has 14 nitrogen and oxygen atoms in total. The van der Waals surface area contributed by atoms with Gasteiger partial charge in [0.15, 0.2) is 0 Å². The molecule has 0 bridgehead atoms.